The first-order valence-electron chi connectivity index (χ1n) is 5.21. The number of nitrogens with zero attached hydrogens (tertiary/aromatic N) is 1. The molecule has 0 saturated carbocycles. The molecule has 0 radical (unpaired) electrons. The van der Waals surface area contributed by atoms with E-state index in [0.717, 1.165) is 12.1 Å². The Morgan fingerprint density at radius 3 is 1.83 bits per heavy atom. The van der Waals surface area contributed by atoms with E-state index in [1.54, 1.807) is 6.07 Å². The van der Waals surface area contributed by atoms with Crippen molar-refractivity contribution in [3.05, 3.63) is 66.0 Å². The van der Waals surface area contributed by atoms with Crippen molar-refractivity contribution in [2.75, 3.05) is 0 Å². The lowest BCUT2D eigenvalue weighted by atomic mass is 9.86. The average Bonchev–Trinajstić information content (AvgIpc) is 2.38. The minimum atomic E-state index is -4.81. The molecule has 2 nitrogen and oxygen atoms in total. The van der Waals surface area contributed by atoms with Gasteiger partial charge in [0, 0.05) is 18.0 Å². The second kappa shape index (κ2) is 4.42. The molecule has 1 aromatic heterocycles. The van der Waals surface area contributed by atoms with Crippen molar-refractivity contribution >= 4 is 0 Å². The van der Waals surface area contributed by atoms with E-state index < -0.39 is 11.8 Å². The summed E-state index contributed by atoms with van der Waals surface area (Å²) in [5, 5.41) is 10.1. The molecule has 0 aliphatic carbocycles. The quantitative estimate of drug-likeness (QED) is 0.892. The lowest BCUT2D eigenvalue weighted by molar-refractivity contribution is -0.248. The van der Waals surface area contributed by atoms with Crippen LogP contribution in [-0.2, 0) is 5.60 Å². The standard InChI is InChI=1S/C13H10F3NO/c14-13(15,16)12(18,10-4-2-1-3-5-10)11-6-8-17-9-7-11/h1-9,18H. The van der Waals surface area contributed by atoms with E-state index in [4.69, 9.17) is 0 Å². The number of aromatic nitrogens is 1. The van der Waals surface area contributed by atoms with Crippen LogP contribution in [0.5, 0.6) is 0 Å². The number of halogens is 3. The molecular weight excluding hydrogens is 243 g/mol. The Labute approximate surface area is 102 Å². The summed E-state index contributed by atoms with van der Waals surface area (Å²) >= 11 is 0. The number of benzene rings is 1. The third-order valence-electron chi connectivity index (χ3n) is 2.70. The van der Waals surface area contributed by atoms with Gasteiger partial charge in [0.05, 0.1) is 0 Å². The van der Waals surface area contributed by atoms with Gasteiger partial charge in [0.25, 0.3) is 0 Å². The first-order valence-corrected chi connectivity index (χ1v) is 5.21. The van der Waals surface area contributed by atoms with Gasteiger partial charge in [-0.3, -0.25) is 4.98 Å². The van der Waals surface area contributed by atoms with Crippen LogP contribution in [0.25, 0.3) is 0 Å². The Bertz CT molecular complexity index is 471. The summed E-state index contributed by atoms with van der Waals surface area (Å²) < 4.78 is 39.6. The van der Waals surface area contributed by atoms with Gasteiger partial charge in [-0.15, -0.1) is 0 Å². The SMILES string of the molecule is OC(c1ccccc1)(c1ccncc1)C(F)(F)F. The van der Waals surface area contributed by atoms with E-state index in [2.05, 4.69) is 4.98 Å². The molecule has 2 aromatic rings. The lowest BCUT2D eigenvalue weighted by Gasteiger charge is -2.31. The van der Waals surface area contributed by atoms with Gasteiger partial charge in [0.2, 0.25) is 5.60 Å². The first-order chi connectivity index (χ1) is 8.46. The Hall–Kier alpha value is -1.88. The molecule has 1 aromatic carbocycles. The number of hydrogen-bond donors (Lipinski definition) is 1. The Kier molecular flexibility index (Phi) is 3.09. The fourth-order valence-corrected chi connectivity index (χ4v) is 1.77. The van der Waals surface area contributed by atoms with Crippen molar-refractivity contribution in [2.24, 2.45) is 0 Å². The van der Waals surface area contributed by atoms with Crippen LogP contribution >= 0.6 is 0 Å². The molecule has 0 saturated heterocycles. The predicted octanol–water partition coefficient (Wildman–Crippen LogP) is 2.88. The molecule has 0 fully saturated rings. The highest BCUT2D eigenvalue weighted by molar-refractivity contribution is 5.36. The second-order valence-corrected chi connectivity index (χ2v) is 3.81. The number of pyridine rings is 1. The zero-order chi connectivity index (χ0) is 13.2. The maximum absolute atomic E-state index is 13.2. The normalized spacial score (nSPS) is 15.1. The van der Waals surface area contributed by atoms with Gasteiger partial charge >= 0.3 is 6.18 Å². The summed E-state index contributed by atoms with van der Waals surface area (Å²) in [4.78, 5) is 3.66. The van der Waals surface area contributed by atoms with Crippen LogP contribution in [0.2, 0.25) is 0 Å². The highest BCUT2D eigenvalue weighted by Gasteiger charge is 2.56. The van der Waals surface area contributed by atoms with Crippen LogP contribution in [0, 0.1) is 0 Å². The highest BCUT2D eigenvalue weighted by atomic mass is 19.4. The first kappa shape index (κ1) is 12.6. The largest absolute Gasteiger partial charge is 0.425 e. The van der Waals surface area contributed by atoms with E-state index >= 15 is 0 Å². The van der Waals surface area contributed by atoms with Gasteiger partial charge in [0.15, 0.2) is 0 Å². The van der Waals surface area contributed by atoms with Crippen LogP contribution in [0.15, 0.2) is 54.9 Å². The molecule has 0 aliphatic rings. The minimum absolute atomic E-state index is 0.219. The zero-order valence-electron chi connectivity index (χ0n) is 9.22. The van der Waals surface area contributed by atoms with Crippen molar-refractivity contribution in [3.8, 4) is 0 Å². The monoisotopic (exact) mass is 253 g/mol. The molecule has 18 heavy (non-hydrogen) atoms. The summed E-state index contributed by atoms with van der Waals surface area (Å²) in [6.45, 7) is 0. The van der Waals surface area contributed by atoms with Gasteiger partial charge < -0.3 is 5.11 Å². The lowest BCUT2D eigenvalue weighted by Crippen LogP contribution is -2.43. The molecule has 1 N–H and O–H groups in total. The molecule has 2 rings (SSSR count). The summed E-state index contributed by atoms with van der Waals surface area (Å²) in [5.41, 5.74) is -3.49. The van der Waals surface area contributed by atoms with Crippen LogP contribution in [0.3, 0.4) is 0 Å². The zero-order valence-corrected chi connectivity index (χ0v) is 9.22. The molecule has 1 atom stereocenters. The van der Waals surface area contributed by atoms with Crippen LogP contribution in [0.4, 0.5) is 13.2 Å². The molecule has 1 unspecified atom stereocenters. The van der Waals surface area contributed by atoms with Crippen molar-refractivity contribution in [2.45, 2.75) is 11.8 Å². The number of aliphatic hydroxyl groups is 1. The van der Waals surface area contributed by atoms with E-state index in [9.17, 15) is 18.3 Å². The molecule has 5 heteroatoms. The third-order valence-corrected chi connectivity index (χ3v) is 2.70. The Morgan fingerprint density at radius 2 is 1.33 bits per heavy atom. The predicted molar refractivity (Wildman–Crippen MR) is 59.7 cm³/mol. The summed E-state index contributed by atoms with van der Waals surface area (Å²) in [7, 11) is 0. The van der Waals surface area contributed by atoms with Crippen LogP contribution in [0.1, 0.15) is 11.1 Å². The van der Waals surface area contributed by atoms with E-state index in [1.165, 1.54) is 36.7 Å². The van der Waals surface area contributed by atoms with Crippen LogP contribution < -0.4 is 0 Å². The van der Waals surface area contributed by atoms with Crippen LogP contribution in [-0.4, -0.2) is 16.3 Å². The fourth-order valence-electron chi connectivity index (χ4n) is 1.77. The van der Waals surface area contributed by atoms with Gasteiger partial charge in [-0.1, -0.05) is 30.3 Å². The highest BCUT2D eigenvalue weighted by Crippen LogP contribution is 2.43. The summed E-state index contributed by atoms with van der Waals surface area (Å²) in [6, 6.07) is 9.29. The molecular formula is C13H10F3NO. The molecule has 1 heterocycles. The maximum Gasteiger partial charge on any atom is 0.425 e. The summed E-state index contributed by atoms with van der Waals surface area (Å²) in [6.07, 6.45) is -2.38. The number of rotatable bonds is 2. The number of alkyl halides is 3. The smallest absolute Gasteiger partial charge is 0.372 e. The number of hydrogen-bond acceptors (Lipinski definition) is 2. The van der Waals surface area contributed by atoms with Gasteiger partial charge in [0.1, 0.15) is 0 Å². The fraction of sp³-hybridized carbons (Fsp3) is 0.154. The minimum Gasteiger partial charge on any atom is -0.372 e. The topological polar surface area (TPSA) is 33.1 Å². The van der Waals surface area contributed by atoms with E-state index in [1.807, 2.05) is 0 Å². The Balaban J connectivity index is 2.63. The average molecular weight is 253 g/mol. The Morgan fingerprint density at radius 1 is 0.833 bits per heavy atom. The van der Waals surface area contributed by atoms with Crippen molar-refractivity contribution in [1.82, 2.24) is 4.98 Å². The molecule has 94 valence electrons. The van der Waals surface area contributed by atoms with Crippen molar-refractivity contribution < 1.29 is 18.3 Å². The van der Waals surface area contributed by atoms with Crippen molar-refractivity contribution in [1.29, 1.82) is 0 Å². The van der Waals surface area contributed by atoms with Crippen molar-refractivity contribution in [3.63, 3.8) is 0 Å². The third kappa shape index (κ3) is 1.97. The van der Waals surface area contributed by atoms with Gasteiger partial charge in [-0.05, 0) is 17.7 Å². The second-order valence-electron chi connectivity index (χ2n) is 3.81. The maximum atomic E-state index is 13.2. The van der Waals surface area contributed by atoms with E-state index in [-0.39, 0.29) is 11.1 Å². The summed E-state index contributed by atoms with van der Waals surface area (Å²) in [5.74, 6) is 0. The molecule has 0 aliphatic heterocycles. The van der Waals surface area contributed by atoms with E-state index in [0.29, 0.717) is 0 Å². The molecule has 0 amide bonds. The van der Waals surface area contributed by atoms with Gasteiger partial charge in [-0.2, -0.15) is 13.2 Å². The van der Waals surface area contributed by atoms with Gasteiger partial charge in [-0.25, -0.2) is 0 Å². The molecule has 0 bridgehead atoms. The molecule has 0 spiro atoms.